The summed E-state index contributed by atoms with van der Waals surface area (Å²) in [5, 5.41) is 9.55. The maximum absolute atomic E-state index is 12.8. The smallest absolute Gasteiger partial charge is 0.232 e. The molecule has 0 aromatic heterocycles. The molecule has 0 aliphatic carbocycles. The van der Waals surface area contributed by atoms with Gasteiger partial charge in [0, 0.05) is 5.69 Å². The second kappa shape index (κ2) is 6.84. The Kier molecular flexibility index (Phi) is 4.63. The summed E-state index contributed by atoms with van der Waals surface area (Å²) in [7, 11) is 1.63. The van der Waals surface area contributed by atoms with E-state index in [4.69, 9.17) is 4.74 Å². The number of carbonyl (C=O) groups is 1. The van der Waals surface area contributed by atoms with Crippen LogP contribution in [0, 0.1) is 5.92 Å². The third-order valence-electron chi connectivity index (χ3n) is 4.38. The molecule has 120 valence electrons. The average molecular weight is 311 g/mol. The number of hydrogen-bond acceptors (Lipinski definition) is 3. The van der Waals surface area contributed by atoms with Gasteiger partial charge in [0.2, 0.25) is 5.91 Å². The van der Waals surface area contributed by atoms with Crippen LogP contribution in [-0.2, 0) is 17.8 Å². The molecule has 1 atom stereocenters. The highest BCUT2D eigenvalue weighted by Crippen LogP contribution is 2.30. The summed E-state index contributed by atoms with van der Waals surface area (Å²) in [5.74, 6) is 0.457. The van der Waals surface area contributed by atoms with E-state index in [1.807, 2.05) is 42.5 Å². The number of aliphatic hydroxyl groups excluding tert-OH is 1. The number of fused-ring (bicyclic) bond motifs is 1. The number of benzene rings is 2. The Hall–Kier alpha value is -2.33. The molecule has 0 bridgehead atoms. The Bertz CT molecular complexity index is 681. The van der Waals surface area contributed by atoms with Crippen LogP contribution in [0.4, 0.5) is 5.69 Å². The topological polar surface area (TPSA) is 49.8 Å². The zero-order chi connectivity index (χ0) is 16.2. The number of ether oxygens (including phenoxy) is 1. The lowest BCUT2D eigenvalue weighted by molar-refractivity contribution is -0.123. The second-order valence-corrected chi connectivity index (χ2v) is 5.82. The summed E-state index contributed by atoms with van der Waals surface area (Å²) in [4.78, 5) is 14.6. The lowest BCUT2D eigenvalue weighted by atomic mass is 10.0. The Morgan fingerprint density at radius 1 is 1.17 bits per heavy atom. The van der Waals surface area contributed by atoms with Gasteiger partial charge in [0.15, 0.2) is 0 Å². The highest BCUT2D eigenvalue weighted by molar-refractivity contribution is 5.96. The molecule has 1 aliphatic rings. The van der Waals surface area contributed by atoms with Crippen LogP contribution in [0.15, 0.2) is 48.5 Å². The fourth-order valence-electron chi connectivity index (χ4n) is 3.02. The van der Waals surface area contributed by atoms with Gasteiger partial charge in [0.1, 0.15) is 5.75 Å². The van der Waals surface area contributed by atoms with E-state index in [1.54, 1.807) is 12.0 Å². The standard InChI is InChI=1S/C19H21NO3/c1-23-17-10-6-14(7-11-17)12-20-18-5-3-2-4-15(18)8-9-16(13-21)19(20)22/h2-7,10-11,16,21H,8-9,12-13H2,1H3. The number of hydrogen-bond donors (Lipinski definition) is 1. The molecule has 0 fully saturated rings. The summed E-state index contributed by atoms with van der Waals surface area (Å²) in [6.07, 6.45) is 1.50. The predicted octanol–water partition coefficient (Wildman–Crippen LogP) is 2.78. The van der Waals surface area contributed by atoms with Gasteiger partial charge in [-0.05, 0) is 42.2 Å². The van der Waals surface area contributed by atoms with Crippen molar-refractivity contribution < 1.29 is 14.6 Å². The first kappa shape index (κ1) is 15.6. The molecular formula is C19H21NO3. The van der Waals surface area contributed by atoms with Gasteiger partial charge in [0.05, 0.1) is 26.2 Å². The van der Waals surface area contributed by atoms with Gasteiger partial charge in [-0.2, -0.15) is 0 Å². The Balaban J connectivity index is 1.93. The number of aliphatic hydroxyl groups is 1. The fraction of sp³-hybridized carbons (Fsp3) is 0.316. The Morgan fingerprint density at radius 3 is 2.61 bits per heavy atom. The number of para-hydroxylation sites is 1. The van der Waals surface area contributed by atoms with E-state index < -0.39 is 0 Å². The molecule has 3 rings (SSSR count). The fourth-order valence-corrected chi connectivity index (χ4v) is 3.02. The van der Waals surface area contributed by atoms with Crippen LogP contribution in [0.2, 0.25) is 0 Å². The van der Waals surface area contributed by atoms with Crippen molar-refractivity contribution in [2.45, 2.75) is 19.4 Å². The highest BCUT2D eigenvalue weighted by atomic mass is 16.5. The van der Waals surface area contributed by atoms with Crippen LogP contribution in [0.25, 0.3) is 0 Å². The molecule has 4 nitrogen and oxygen atoms in total. The first-order chi connectivity index (χ1) is 11.2. The number of aryl methyl sites for hydroxylation is 1. The molecule has 1 unspecified atom stereocenters. The van der Waals surface area contributed by atoms with Crippen molar-refractivity contribution in [3.8, 4) is 5.75 Å². The van der Waals surface area contributed by atoms with Crippen LogP contribution in [-0.4, -0.2) is 24.7 Å². The second-order valence-electron chi connectivity index (χ2n) is 5.82. The minimum Gasteiger partial charge on any atom is -0.497 e. The van der Waals surface area contributed by atoms with E-state index >= 15 is 0 Å². The molecule has 2 aromatic carbocycles. The quantitative estimate of drug-likeness (QED) is 0.944. The molecule has 0 saturated heterocycles. The molecular weight excluding hydrogens is 290 g/mol. The molecule has 2 aromatic rings. The van der Waals surface area contributed by atoms with Gasteiger partial charge in [-0.3, -0.25) is 4.79 Å². The maximum atomic E-state index is 12.8. The van der Waals surface area contributed by atoms with E-state index in [9.17, 15) is 9.90 Å². The normalized spacial score (nSPS) is 17.6. The first-order valence-corrected chi connectivity index (χ1v) is 7.86. The molecule has 1 amide bonds. The van der Waals surface area contributed by atoms with E-state index in [2.05, 4.69) is 6.07 Å². The van der Waals surface area contributed by atoms with Gasteiger partial charge in [0.25, 0.3) is 0 Å². The number of nitrogens with zero attached hydrogens (tertiary/aromatic N) is 1. The first-order valence-electron chi connectivity index (χ1n) is 7.86. The van der Waals surface area contributed by atoms with Gasteiger partial charge < -0.3 is 14.7 Å². The van der Waals surface area contributed by atoms with Gasteiger partial charge >= 0.3 is 0 Å². The highest BCUT2D eigenvalue weighted by Gasteiger charge is 2.29. The molecule has 0 saturated carbocycles. The number of amides is 1. The average Bonchev–Trinajstić information content (AvgIpc) is 2.73. The summed E-state index contributed by atoms with van der Waals surface area (Å²) in [5.41, 5.74) is 3.14. The number of carbonyl (C=O) groups excluding carboxylic acids is 1. The van der Waals surface area contributed by atoms with Gasteiger partial charge in [-0.15, -0.1) is 0 Å². The van der Waals surface area contributed by atoms with E-state index in [1.165, 1.54) is 0 Å². The molecule has 0 spiro atoms. The lowest BCUT2D eigenvalue weighted by Crippen LogP contribution is -2.36. The van der Waals surface area contributed by atoms with Crippen molar-refractivity contribution in [2.75, 3.05) is 18.6 Å². The summed E-state index contributed by atoms with van der Waals surface area (Å²) >= 11 is 0. The van der Waals surface area contributed by atoms with Crippen LogP contribution in [0.3, 0.4) is 0 Å². The van der Waals surface area contributed by atoms with Crippen molar-refractivity contribution in [3.05, 3.63) is 59.7 Å². The molecule has 1 heterocycles. The van der Waals surface area contributed by atoms with Crippen LogP contribution in [0.1, 0.15) is 17.5 Å². The Morgan fingerprint density at radius 2 is 1.91 bits per heavy atom. The van der Waals surface area contributed by atoms with Crippen LogP contribution in [0.5, 0.6) is 5.75 Å². The van der Waals surface area contributed by atoms with Crippen molar-refractivity contribution >= 4 is 11.6 Å². The van der Waals surface area contributed by atoms with Gasteiger partial charge in [-0.25, -0.2) is 0 Å². The zero-order valence-electron chi connectivity index (χ0n) is 13.2. The predicted molar refractivity (Wildman–Crippen MR) is 89.5 cm³/mol. The molecule has 1 N–H and O–H groups in total. The SMILES string of the molecule is COc1ccc(CN2C(=O)C(CO)CCc3ccccc32)cc1. The van der Waals surface area contributed by atoms with Crippen molar-refractivity contribution in [1.82, 2.24) is 0 Å². The maximum Gasteiger partial charge on any atom is 0.232 e. The lowest BCUT2D eigenvalue weighted by Gasteiger charge is -2.25. The number of anilines is 1. The third-order valence-corrected chi connectivity index (χ3v) is 4.38. The Labute approximate surface area is 136 Å². The van der Waals surface area contributed by atoms with Crippen molar-refractivity contribution in [2.24, 2.45) is 5.92 Å². The zero-order valence-corrected chi connectivity index (χ0v) is 13.2. The van der Waals surface area contributed by atoms with Crippen LogP contribution >= 0.6 is 0 Å². The molecule has 23 heavy (non-hydrogen) atoms. The van der Waals surface area contributed by atoms with Crippen molar-refractivity contribution in [1.29, 1.82) is 0 Å². The van der Waals surface area contributed by atoms with Gasteiger partial charge in [-0.1, -0.05) is 30.3 Å². The molecule has 1 aliphatic heterocycles. The number of rotatable bonds is 4. The summed E-state index contributed by atoms with van der Waals surface area (Å²) in [6, 6.07) is 15.7. The molecule has 4 heteroatoms. The minimum atomic E-state index is -0.333. The monoisotopic (exact) mass is 311 g/mol. The van der Waals surface area contributed by atoms with E-state index in [-0.39, 0.29) is 18.4 Å². The largest absolute Gasteiger partial charge is 0.497 e. The summed E-state index contributed by atoms with van der Waals surface area (Å²) in [6.45, 7) is 0.391. The van der Waals surface area contributed by atoms with Crippen molar-refractivity contribution in [3.63, 3.8) is 0 Å². The number of methoxy groups -OCH3 is 1. The van der Waals surface area contributed by atoms with Crippen LogP contribution < -0.4 is 9.64 Å². The summed E-state index contributed by atoms with van der Waals surface area (Å²) < 4.78 is 5.18. The minimum absolute atomic E-state index is 0.00623. The third kappa shape index (κ3) is 3.22. The van der Waals surface area contributed by atoms with E-state index in [0.29, 0.717) is 13.0 Å². The van der Waals surface area contributed by atoms with E-state index in [0.717, 1.165) is 29.0 Å². The molecule has 0 radical (unpaired) electrons.